The van der Waals surface area contributed by atoms with Gasteiger partial charge in [0.25, 0.3) is 5.91 Å². The lowest BCUT2D eigenvalue weighted by Gasteiger charge is -2.26. The summed E-state index contributed by atoms with van der Waals surface area (Å²) in [4.78, 5) is 13.8. The first-order chi connectivity index (χ1) is 7.97. The maximum absolute atomic E-state index is 12.2. The number of hydrogen-bond acceptors (Lipinski definition) is 3. The largest absolute Gasteiger partial charge is 0.398 e. The molecule has 0 aliphatic heterocycles. The van der Waals surface area contributed by atoms with Crippen LogP contribution in [-0.2, 0) is 0 Å². The van der Waals surface area contributed by atoms with E-state index in [-0.39, 0.29) is 18.6 Å². The van der Waals surface area contributed by atoms with Crippen molar-refractivity contribution >= 4 is 27.5 Å². The predicted molar refractivity (Wildman–Crippen MR) is 71.8 cm³/mol. The molecule has 0 bridgehead atoms. The Labute approximate surface area is 110 Å². The lowest BCUT2D eigenvalue weighted by Crippen LogP contribution is -2.39. The first-order valence-corrected chi connectivity index (χ1v) is 6.23. The molecule has 3 N–H and O–H groups in total. The quantitative estimate of drug-likeness (QED) is 0.834. The van der Waals surface area contributed by atoms with Crippen molar-refractivity contribution in [2.24, 2.45) is 0 Å². The van der Waals surface area contributed by atoms with Crippen molar-refractivity contribution < 1.29 is 9.90 Å². The predicted octanol–water partition coefficient (Wildman–Crippen LogP) is 1.87. The third kappa shape index (κ3) is 3.44. The fourth-order valence-electron chi connectivity index (χ4n) is 1.54. The number of amides is 1. The SMILES string of the molecule is CC(C)N(CCO)C(=O)c1ccc(Br)c(N)c1. The molecule has 0 aromatic heterocycles. The summed E-state index contributed by atoms with van der Waals surface area (Å²) in [6, 6.07) is 5.15. The maximum Gasteiger partial charge on any atom is 0.254 e. The number of nitrogens with zero attached hydrogens (tertiary/aromatic N) is 1. The number of rotatable bonds is 4. The van der Waals surface area contributed by atoms with E-state index in [2.05, 4.69) is 15.9 Å². The van der Waals surface area contributed by atoms with Gasteiger partial charge in [-0.25, -0.2) is 0 Å². The molecule has 1 rings (SSSR count). The van der Waals surface area contributed by atoms with Crippen LogP contribution >= 0.6 is 15.9 Å². The van der Waals surface area contributed by atoms with Crippen LogP contribution in [0.25, 0.3) is 0 Å². The lowest BCUT2D eigenvalue weighted by molar-refractivity contribution is 0.0665. The lowest BCUT2D eigenvalue weighted by atomic mass is 10.1. The molecule has 0 unspecified atom stereocenters. The molecule has 0 fully saturated rings. The first kappa shape index (κ1) is 14.0. The molecule has 0 atom stereocenters. The third-order valence-electron chi connectivity index (χ3n) is 2.47. The number of carbonyl (C=O) groups excluding carboxylic acids is 1. The van der Waals surface area contributed by atoms with Crippen LogP contribution in [0.5, 0.6) is 0 Å². The normalized spacial score (nSPS) is 10.6. The Balaban J connectivity index is 2.97. The highest BCUT2D eigenvalue weighted by molar-refractivity contribution is 9.10. The molecule has 1 aromatic rings. The zero-order valence-corrected chi connectivity index (χ0v) is 11.6. The molecule has 0 heterocycles. The molecule has 1 aromatic carbocycles. The summed E-state index contributed by atoms with van der Waals surface area (Å²) >= 11 is 3.29. The average Bonchev–Trinajstić information content (AvgIpc) is 2.28. The Kier molecular flexibility index (Phi) is 4.96. The smallest absolute Gasteiger partial charge is 0.254 e. The minimum atomic E-state index is -0.117. The van der Waals surface area contributed by atoms with E-state index in [1.807, 2.05) is 13.8 Å². The monoisotopic (exact) mass is 300 g/mol. The van der Waals surface area contributed by atoms with Crippen molar-refractivity contribution in [3.05, 3.63) is 28.2 Å². The second-order valence-corrected chi connectivity index (χ2v) is 4.91. The van der Waals surface area contributed by atoms with Gasteiger partial charge in [0.1, 0.15) is 0 Å². The van der Waals surface area contributed by atoms with Gasteiger partial charge in [-0.15, -0.1) is 0 Å². The highest BCUT2D eigenvalue weighted by Crippen LogP contribution is 2.21. The van der Waals surface area contributed by atoms with Crippen molar-refractivity contribution in [2.45, 2.75) is 19.9 Å². The number of aliphatic hydroxyl groups is 1. The Morgan fingerprint density at radius 3 is 2.65 bits per heavy atom. The Bertz CT molecular complexity index is 407. The highest BCUT2D eigenvalue weighted by atomic mass is 79.9. The minimum absolute atomic E-state index is 0.0412. The van der Waals surface area contributed by atoms with Gasteiger partial charge in [0.05, 0.1) is 6.61 Å². The summed E-state index contributed by atoms with van der Waals surface area (Å²) in [5.74, 6) is -0.117. The van der Waals surface area contributed by atoms with Gasteiger partial charge < -0.3 is 15.7 Å². The van der Waals surface area contributed by atoms with Gasteiger partial charge in [0, 0.05) is 28.3 Å². The number of hydrogen-bond donors (Lipinski definition) is 2. The fraction of sp³-hybridized carbons (Fsp3) is 0.417. The van der Waals surface area contributed by atoms with Crippen LogP contribution in [0.4, 0.5) is 5.69 Å². The molecule has 94 valence electrons. The summed E-state index contributed by atoms with van der Waals surface area (Å²) < 4.78 is 0.771. The zero-order valence-electron chi connectivity index (χ0n) is 9.98. The number of anilines is 1. The Morgan fingerprint density at radius 2 is 2.18 bits per heavy atom. The third-order valence-corrected chi connectivity index (χ3v) is 3.19. The van der Waals surface area contributed by atoms with Crippen LogP contribution in [0.1, 0.15) is 24.2 Å². The van der Waals surface area contributed by atoms with E-state index in [0.717, 1.165) is 4.47 Å². The molecule has 0 aliphatic carbocycles. The number of nitrogens with two attached hydrogens (primary N) is 1. The summed E-state index contributed by atoms with van der Waals surface area (Å²) in [7, 11) is 0. The van der Waals surface area contributed by atoms with Crippen LogP contribution in [0.3, 0.4) is 0 Å². The van der Waals surface area contributed by atoms with Crippen molar-refractivity contribution in [3.63, 3.8) is 0 Å². The minimum Gasteiger partial charge on any atom is -0.398 e. The topological polar surface area (TPSA) is 66.6 Å². The van der Waals surface area contributed by atoms with Crippen LogP contribution in [0.15, 0.2) is 22.7 Å². The Morgan fingerprint density at radius 1 is 1.53 bits per heavy atom. The number of halogens is 1. The van der Waals surface area contributed by atoms with E-state index in [9.17, 15) is 4.79 Å². The fourth-order valence-corrected chi connectivity index (χ4v) is 1.79. The number of benzene rings is 1. The molecular formula is C12H17BrN2O2. The number of nitrogen functional groups attached to an aromatic ring is 1. The highest BCUT2D eigenvalue weighted by Gasteiger charge is 2.18. The van der Waals surface area contributed by atoms with Crippen molar-refractivity contribution in [1.29, 1.82) is 0 Å². The van der Waals surface area contributed by atoms with Gasteiger partial charge in [-0.2, -0.15) is 0 Å². The van der Waals surface area contributed by atoms with E-state index in [0.29, 0.717) is 17.8 Å². The summed E-state index contributed by atoms with van der Waals surface area (Å²) in [5, 5.41) is 8.95. The van der Waals surface area contributed by atoms with E-state index in [1.54, 1.807) is 23.1 Å². The molecule has 0 radical (unpaired) electrons. The van der Waals surface area contributed by atoms with Gasteiger partial charge in [-0.3, -0.25) is 4.79 Å². The molecule has 0 spiro atoms. The van der Waals surface area contributed by atoms with Crippen molar-refractivity contribution in [3.8, 4) is 0 Å². The molecular weight excluding hydrogens is 284 g/mol. The molecule has 17 heavy (non-hydrogen) atoms. The van der Waals surface area contributed by atoms with E-state index in [4.69, 9.17) is 10.8 Å². The van der Waals surface area contributed by atoms with E-state index >= 15 is 0 Å². The van der Waals surface area contributed by atoms with Crippen LogP contribution in [-0.4, -0.2) is 35.1 Å². The summed E-state index contributed by atoms with van der Waals surface area (Å²) in [6.45, 7) is 4.11. The zero-order chi connectivity index (χ0) is 13.0. The van der Waals surface area contributed by atoms with Gasteiger partial charge in [-0.05, 0) is 48.0 Å². The molecule has 0 saturated heterocycles. The molecule has 0 aliphatic rings. The average molecular weight is 301 g/mol. The molecule has 5 heteroatoms. The van der Waals surface area contributed by atoms with Crippen LogP contribution < -0.4 is 5.73 Å². The van der Waals surface area contributed by atoms with Gasteiger partial charge in [-0.1, -0.05) is 0 Å². The van der Waals surface area contributed by atoms with E-state index in [1.165, 1.54) is 0 Å². The molecule has 1 amide bonds. The van der Waals surface area contributed by atoms with Crippen molar-refractivity contribution in [2.75, 3.05) is 18.9 Å². The van der Waals surface area contributed by atoms with Gasteiger partial charge >= 0.3 is 0 Å². The summed E-state index contributed by atoms with van der Waals surface area (Å²) in [5.41, 5.74) is 6.81. The maximum atomic E-state index is 12.2. The Hall–Kier alpha value is -1.07. The van der Waals surface area contributed by atoms with E-state index < -0.39 is 0 Å². The summed E-state index contributed by atoms with van der Waals surface area (Å²) in [6.07, 6.45) is 0. The second kappa shape index (κ2) is 6.02. The molecule has 4 nitrogen and oxygen atoms in total. The first-order valence-electron chi connectivity index (χ1n) is 5.44. The second-order valence-electron chi connectivity index (χ2n) is 4.05. The number of aliphatic hydroxyl groups excluding tert-OH is 1. The van der Waals surface area contributed by atoms with Crippen LogP contribution in [0.2, 0.25) is 0 Å². The van der Waals surface area contributed by atoms with Gasteiger partial charge in [0.15, 0.2) is 0 Å². The number of carbonyl (C=O) groups is 1. The molecule has 0 saturated carbocycles. The van der Waals surface area contributed by atoms with Crippen molar-refractivity contribution in [1.82, 2.24) is 4.90 Å². The van der Waals surface area contributed by atoms with Gasteiger partial charge in [0.2, 0.25) is 0 Å². The van der Waals surface area contributed by atoms with Crippen LogP contribution in [0, 0.1) is 0 Å². The standard InChI is InChI=1S/C12H17BrN2O2/c1-8(2)15(5-6-16)12(17)9-3-4-10(13)11(14)7-9/h3-4,7-8,16H,5-6,14H2,1-2H3.